The Morgan fingerprint density at radius 3 is 2.93 bits per heavy atom. The van der Waals surface area contributed by atoms with Crippen LogP contribution in [0.4, 0.5) is 0 Å². The second-order valence-corrected chi connectivity index (χ2v) is 3.92. The van der Waals surface area contributed by atoms with Gasteiger partial charge in [-0.05, 0) is 19.4 Å². The Balaban J connectivity index is 2.87. The third-order valence-electron chi connectivity index (χ3n) is 1.77. The second-order valence-electron chi connectivity index (χ2n) is 2.78. The van der Waals surface area contributed by atoms with E-state index in [0.717, 1.165) is 11.3 Å². The minimum Gasteiger partial charge on any atom is -0.479 e. The lowest BCUT2D eigenvalue weighted by Crippen LogP contribution is -1.99. The summed E-state index contributed by atoms with van der Waals surface area (Å²) in [5, 5.41) is 8.93. The van der Waals surface area contributed by atoms with Gasteiger partial charge in [0.05, 0.1) is 0 Å². The van der Waals surface area contributed by atoms with E-state index < -0.39 is 5.97 Å². The van der Waals surface area contributed by atoms with E-state index in [1.54, 1.807) is 13.0 Å². The molecule has 0 aromatic carbocycles. The second kappa shape index (κ2) is 5.42. The fourth-order valence-electron chi connectivity index (χ4n) is 1.04. The zero-order valence-electron chi connectivity index (χ0n) is 8.66. The molecule has 0 atom stereocenters. The summed E-state index contributed by atoms with van der Waals surface area (Å²) in [5.41, 5.74) is 0. The highest BCUT2D eigenvalue weighted by Gasteiger charge is 2.15. The molecule has 0 amide bonds. The third kappa shape index (κ3) is 3.00. The number of carboxylic acids is 1. The van der Waals surface area contributed by atoms with Gasteiger partial charge in [-0.15, -0.1) is 17.3 Å². The monoisotopic (exact) mass is 224 g/mol. The number of carboxylic acid groups (broad SMARTS) is 1. The molecule has 0 saturated carbocycles. The van der Waals surface area contributed by atoms with Crippen molar-refractivity contribution in [2.45, 2.75) is 20.3 Å². The maximum atomic E-state index is 10.9. The highest BCUT2D eigenvalue weighted by Crippen LogP contribution is 2.29. The normalized spacial score (nSPS) is 9.20. The predicted molar refractivity (Wildman–Crippen MR) is 59.6 cm³/mol. The first-order valence-electron chi connectivity index (χ1n) is 4.57. The first kappa shape index (κ1) is 11.6. The van der Waals surface area contributed by atoms with Gasteiger partial charge in [0.25, 0.3) is 0 Å². The van der Waals surface area contributed by atoms with Crippen molar-refractivity contribution < 1.29 is 14.6 Å². The summed E-state index contributed by atoms with van der Waals surface area (Å²) in [5.74, 6) is 4.90. The molecule has 15 heavy (non-hydrogen) atoms. The SMILES string of the molecule is CC#CCOc1cc(CC)sc1C(=O)O. The van der Waals surface area contributed by atoms with Crippen LogP contribution in [0.25, 0.3) is 0 Å². The number of ether oxygens (including phenoxy) is 1. The molecular weight excluding hydrogens is 212 g/mol. The smallest absolute Gasteiger partial charge is 0.349 e. The van der Waals surface area contributed by atoms with Gasteiger partial charge in [0.1, 0.15) is 12.4 Å². The molecule has 0 saturated heterocycles. The molecule has 0 aliphatic heterocycles. The minimum absolute atomic E-state index is 0.233. The van der Waals surface area contributed by atoms with Gasteiger partial charge < -0.3 is 9.84 Å². The van der Waals surface area contributed by atoms with Crippen molar-refractivity contribution in [2.24, 2.45) is 0 Å². The molecule has 80 valence electrons. The number of hydrogen-bond acceptors (Lipinski definition) is 3. The standard InChI is InChI=1S/C11H12O3S/c1-3-5-6-14-9-7-8(4-2)15-10(9)11(12)13/h7H,4,6H2,1-2H3,(H,12,13). The average Bonchev–Trinajstić information content (AvgIpc) is 2.62. The van der Waals surface area contributed by atoms with Crippen LogP contribution in [0.15, 0.2) is 6.07 Å². The predicted octanol–water partition coefficient (Wildman–Crippen LogP) is 2.41. The maximum Gasteiger partial charge on any atom is 0.349 e. The molecular formula is C11H12O3S. The Kier molecular flexibility index (Phi) is 4.19. The number of thiophene rings is 1. The number of carbonyl (C=O) groups is 1. The molecule has 3 nitrogen and oxygen atoms in total. The summed E-state index contributed by atoms with van der Waals surface area (Å²) in [6, 6.07) is 1.77. The molecule has 1 aromatic heterocycles. The van der Waals surface area contributed by atoms with E-state index in [1.807, 2.05) is 6.92 Å². The van der Waals surface area contributed by atoms with Gasteiger partial charge in [0, 0.05) is 4.88 Å². The summed E-state index contributed by atoms with van der Waals surface area (Å²) >= 11 is 1.25. The first-order valence-corrected chi connectivity index (χ1v) is 5.39. The fourth-order valence-corrected chi connectivity index (χ4v) is 1.92. The van der Waals surface area contributed by atoms with Crippen LogP contribution in [0.1, 0.15) is 28.4 Å². The van der Waals surface area contributed by atoms with Gasteiger partial charge in [-0.1, -0.05) is 12.8 Å². The van der Waals surface area contributed by atoms with E-state index in [4.69, 9.17) is 9.84 Å². The van der Waals surface area contributed by atoms with Gasteiger partial charge in [0.2, 0.25) is 0 Å². The highest BCUT2D eigenvalue weighted by atomic mass is 32.1. The van der Waals surface area contributed by atoms with Gasteiger partial charge in [-0.25, -0.2) is 4.79 Å². The summed E-state index contributed by atoms with van der Waals surface area (Å²) in [6.07, 6.45) is 0.813. The van der Waals surface area contributed by atoms with Crippen molar-refractivity contribution in [3.63, 3.8) is 0 Å². The van der Waals surface area contributed by atoms with Crippen molar-refractivity contribution in [2.75, 3.05) is 6.61 Å². The Hall–Kier alpha value is -1.47. The fraction of sp³-hybridized carbons (Fsp3) is 0.364. The van der Waals surface area contributed by atoms with Gasteiger partial charge in [-0.2, -0.15) is 0 Å². The van der Waals surface area contributed by atoms with Crippen LogP contribution in [-0.4, -0.2) is 17.7 Å². The lowest BCUT2D eigenvalue weighted by atomic mass is 10.3. The first-order chi connectivity index (χ1) is 7.19. The van der Waals surface area contributed by atoms with Gasteiger partial charge in [0.15, 0.2) is 4.88 Å². The zero-order chi connectivity index (χ0) is 11.3. The molecule has 0 unspecified atom stereocenters. The topological polar surface area (TPSA) is 46.5 Å². The van der Waals surface area contributed by atoms with Crippen LogP contribution in [0, 0.1) is 11.8 Å². The number of rotatable bonds is 4. The van der Waals surface area contributed by atoms with Crippen LogP contribution in [-0.2, 0) is 6.42 Å². The number of aryl methyl sites for hydroxylation is 1. The van der Waals surface area contributed by atoms with Crippen LogP contribution in [0.5, 0.6) is 5.75 Å². The van der Waals surface area contributed by atoms with E-state index in [-0.39, 0.29) is 11.5 Å². The lowest BCUT2D eigenvalue weighted by molar-refractivity contribution is 0.0698. The Labute approximate surface area is 92.7 Å². The third-order valence-corrected chi connectivity index (χ3v) is 3.02. The van der Waals surface area contributed by atoms with Crippen LogP contribution >= 0.6 is 11.3 Å². The van der Waals surface area contributed by atoms with Crippen molar-refractivity contribution >= 4 is 17.3 Å². The molecule has 1 rings (SSSR count). The van der Waals surface area contributed by atoms with E-state index in [9.17, 15) is 4.79 Å². The van der Waals surface area contributed by atoms with Crippen molar-refractivity contribution in [1.29, 1.82) is 0 Å². The summed E-state index contributed by atoms with van der Waals surface area (Å²) in [6.45, 7) is 3.93. The number of aromatic carboxylic acids is 1. The van der Waals surface area contributed by atoms with Gasteiger partial charge >= 0.3 is 5.97 Å². The minimum atomic E-state index is -0.945. The van der Waals surface area contributed by atoms with Crippen molar-refractivity contribution in [3.8, 4) is 17.6 Å². The molecule has 0 aliphatic carbocycles. The summed E-state index contributed by atoms with van der Waals surface area (Å²) < 4.78 is 5.28. The van der Waals surface area contributed by atoms with E-state index in [1.165, 1.54) is 11.3 Å². The van der Waals surface area contributed by atoms with Crippen molar-refractivity contribution in [1.82, 2.24) is 0 Å². The van der Waals surface area contributed by atoms with Crippen LogP contribution in [0.3, 0.4) is 0 Å². The Bertz CT molecular complexity index is 409. The molecule has 1 N–H and O–H groups in total. The molecule has 0 aliphatic rings. The average molecular weight is 224 g/mol. The lowest BCUT2D eigenvalue weighted by Gasteiger charge is -1.99. The largest absolute Gasteiger partial charge is 0.479 e. The van der Waals surface area contributed by atoms with Gasteiger partial charge in [-0.3, -0.25) is 0 Å². The van der Waals surface area contributed by atoms with E-state index in [0.29, 0.717) is 5.75 Å². The Morgan fingerprint density at radius 1 is 1.67 bits per heavy atom. The van der Waals surface area contributed by atoms with Crippen LogP contribution < -0.4 is 4.74 Å². The molecule has 0 radical (unpaired) electrons. The van der Waals surface area contributed by atoms with Crippen molar-refractivity contribution in [3.05, 3.63) is 15.8 Å². The number of hydrogen-bond donors (Lipinski definition) is 1. The zero-order valence-corrected chi connectivity index (χ0v) is 9.48. The molecule has 4 heteroatoms. The Morgan fingerprint density at radius 2 is 2.40 bits per heavy atom. The molecule has 0 bridgehead atoms. The molecule has 0 fully saturated rings. The maximum absolute atomic E-state index is 10.9. The summed E-state index contributed by atoms with van der Waals surface area (Å²) in [4.78, 5) is 12.1. The van der Waals surface area contributed by atoms with E-state index >= 15 is 0 Å². The molecule has 1 aromatic rings. The summed E-state index contributed by atoms with van der Waals surface area (Å²) in [7, 11) is 0. The molecule has 1 heterocycles. The van der Waals surface area contributed by atoms with Crippen LogP contribution in [0.2, 0.25) is 0 Å². The molecule has 0 spiro atoms. The van der Waals surface area contributed by atoms with E-state index in [2.05, 4.69) is 11.8 Å². The highest BCUT2D eigenvalue weighted by molar-refractivity contribution is 7.14. The quantitative estimate of drug-likeness (QED) is 0.799.